The van der Waals surface area contributed by atoms with E-state index in [1.54, 1.807) is 48.8 Å². The highest BCUT2D eigenvalue weighted by Gasteiger charge is 2.40. The van der Waals surface area contributed by atoms with Gasteiger partial charge in [0, 0.05) is 23.5 Å². The van der Waals surface area contributed by atoms with E-state index in [1.807, 2.05) is 6.92 Å². The Bertz CT molecular complexity index is 1600. The Morgan fingerprint density at radius 1 is 1.13 bits per heavy atom. The van der Waals surface area contributed by atoms with E-state index >= 15 is 0 Å². The summed E-state index contributed by atoms with van der Waals surface area (Å²) in [6.07, 6.45) is 6.39. The predicted molar refractivity (Wildman–Crippen MR) is 151 cm³/mol. The van der Waals surface area contributed by atoms with Crippen LogP contribution >= 0.6 is 0 Å². The van der Waals surface area contributed by atoms with Gasteiger partial charge in [0.25, 0.3) is 10.0 Å². The highest BCUT2D eigenvalue weighted by molar-refractivity contribution is 7.90. The Morgan fingerprint density at radius 3 is 2.47 bits per heavy atom. The van der Waals surface area contributed by atoms with Gasteiger partial charge in [0.1, 0.15) is 23.7 Å². The molecule has 0 bridgehead atoms. The van der Waals surface area contributed by atoms with Gasteiger partial charge < -0.3 is 13.8 Å². The molecule has 10 heteroatoms. The predicted octanol–water partition coefficient (Wildman–Crippen LogP) is 6.25. The van der Waals surface area contributed by atoms with E-state index in [1.165, 1.54) is 3.97 Å². The average molecular weight is 553 g/mol. The summed E-state index contributed by atoms with van der Waals surface area (Å²) in [5, 5.41) is 0.751. The highest BCUT2D eigenvalue weighted by atomic mass is 32.2. The molecule has 38 heavy (non-hydrogen) atoms. The first-order chi connectivity index (χ1) is 17.8. The van der Waals surface area contributed by atoms with Gasteiger partial charge in [-0.25, -0.2) is 22.4 Å². The molecule has 4 aromatic rings. The maximum absolute atomic E-state index is 13.5. The van der Waals surface area contributed by atoms with E-state index in [9.17, 15) is 13.2 Å². The molecule has 0 aliphatic heterocycles. The van der Waals surface area contributed by atoms with Crippen molar-refractivity contribution >= 4 is 46.7 Å². The van der Waals surface area contributed by atoms with E-state index < -0.39 is 18.3 Å². The minimum Gasteiger partial charge on any atom is -0.407 e. The van der Waals surface area contributed by atoms with Gasteiger partial charge in [-0.3, -0.25) is 0 Å². The van der Waals surface area contributed by atoms with Gasteiger partial charge >= 0.3 is 0 Å². The Labute approximate surface area is 225 Å². The van der Waals surface area contributed by atoms with Crippen LogP contribution in [0.15, 0.2) is 53.7 Å². The number of hydrogen-bond acceptors (Lipinski definition) is 6. The van der Waals surface area contributed by atoms with Gasteiger partial charge in [-0.2, -0.15) is 0 Å². The van der Waals surface area contributed by atoms with Gasteiger partial charge in [0.15, 0.2) is 14.0 Å². The van der Waals surface area contributed by atoms with Crippen molar-refractivity contribution < 1.29 is 17.6 Å². The van der Waals surface area contributed by atoms with E-state index in [0.29, 0.717) is 11.2 Å². The van der Waals surface area contributed by atoms with Crippen LogP contribution in [0.3, 0.4) is 0 Å². The van der Waals surface area contributed by atoms with E-state index in [4.69, 9.17) is 9.41 Å². The zero-order valence-corrected chi connectivity index (χ0v) is 24.7. The van der Waals surface area contributed by atoms with Gasteiger partial charge in [0.05, 0.1) is 16.6 Å². The Kier molecular flexibility index (Phi) is 6.64. The lowest BCUT2D eigenvalue weighted by atomic mass is 10.1. The zero-order chi connectivity index (χ0) is 27.5. The third-order valence-electron chi connectivity index (χ3n) is 8.30. The summed E-state index contributed by atoms with van der Waals surface area (Å²) >= 11 is 0. The summed E-state index contributed by atoms with van der Waals surface area (Å²) in [5.74, 6) is 0.802. The normalized spacial score (nSPS) is 19.8. The van der Waals surface area contributed by atoms with Crippen LogP contribution in [0.2, 0.25) is 18.1 Å². The number of fused-ring (bicyclic) bond motifs is 3. The number of rotatable bonds is 7. The van der Waals surface area contributed by atoms with Gasteiger partial charge in [-0.15, -0.1) is 0 Å². The Balaban J connectivity index is 1.70. The fraction of sp³-hybridized carbons (Fsp3) is 0.464. The lowest BCUT2D eigenvalue weighted by Gasteiger charge is -2.38. The van der Waals surface area contributed by atoms with Crippen molar-refractivity contribution in [2.45, 2.75) is 82.1 Å². The third kappa shape index (κ3) is 4.42. The van der Waals surface area contributed by atoms with Crippen LogP contribution in [0.4, 0.5) is 0 Å². The molecule has 1 fully saturated rings. The van der Waals surface area contributed by atoms with Crippen molar-refractivity contribution in [3.8, 4) is 0 Å². The van der Waals surface area contributed by atoms with Gasteiger partial charge in [-0.1, -0.05) is 39.0 Å². The average Bonchev–Trinajstić information content (AvgIpc) is 3.59. The molecule has 1 saturated carbocycles. The largest absolute Gasteiger partial charge is 0.407 e. The van der Waals surface area contributed by atoms with Crippen molar-refractivity contribution in [2.24, 2.45) is 5.92 Å². The highest BCUT2D eigenvalue weighted by Crippen LogP contribution is 2.43. The number of pyridine rings is 1. The summed E-state index contributed by atoms with van der Waals surface area (Å²) in [6.45, 7) is 13.1. The van der Waals surface area contributed by atoms with Crippen molar-refractivity contribution in [2.75, 3.05) is 0 Å². The van der Waals surface area contributed by atoms with Crippen molar-refractivity contribution in [3.05, 3.63) is 54.6 Å². The molecule has 0 amide bonds. The molecule has 0 radical (unpaired) electrons. The molecule has 0 saturated heterocycles. The molecule has 202 valence electrons. The summed E-state index contributed by atoms with van der Waals surface area (Å²) in [6, 6.07) is 10.2. The quantitative estimate of drug-likeness (QED) is 0.199. The lowest BCUT2D eigenvalue weighted by Crippen LogP contribution is -2.41. The van der Waals surface area contributed by atoms with Gasteiger partial charge in [-0.05, 0) is 62.5 Å². The Morgan fingerprint density at radius 2 is 1.84 bits per heavy atom. The van der Waals surface area contributed by atoms with Crippen LogP contribution < -0.4 is 0 Å². The second kappa shape index (κ2) is 9.43. The van der Waals surface area contributed by atoms with Gasteiger partial charge in [0.2, 0.25) is 0 Å². The summed E-state index contributed by atoms with van der Waals surface area (Å²) in [5.41, 5.74) is 1.90. The maximum Gasteiger partial charge on any atom is 0.269 e. The third-order valence-corrected chi connectivity index (χ3v) is 14.5. The van der Waals surface area contributed by atoms with Crippen LogP contribution in [0.25, 0.3) is 22.1 Å². The molecule has 1 aliphatic rings. The number of carbonyl (C=O) groups is 1. The van der Waals surface area contributed by atoms with E-state index in [-0.39, 0.29) is 28.0 Å². The first-order valence-electron chi connectivity index (χ1n) is 13.2. The number of carbonyl (C=O) groups excluding carboxylic acids is 1. The molecule has 1 aromatic carbocycles. The molecular formula is C28H36N4O4SSi. The smallest absolute Gasteiger partial charge is 0.269 e. The number of aldehydes is 1. The van der Waals surface area contributed by atoms with Crippen LogP contribution in [0.1, 0.15) is 64.9 Å². The van der Waals surface area contributed by atoms with Crippen LogP contribution in [0, 0.1) is 5.92 Å². The molecule has 0 unspecified atom stereocenters. The molecular weight excluding hydrogens is 516 g/mol. The van der Waals surface area contributed by atoms with Crippen molar-refractivity contribution in [1.82, 2.24) is 18.5 Å². The molecule has 3 heterocycles. The number of imidazole rings is 1. The first kappa shape index (κ1) is 26.8. The summed E-state index contributed by atoms with van der Waals surface area (Å²) in [7, 11) is -5.93. The lowest BCUT2D eigenvalue weighted by molar-refractivity contribution is -0.110. The SMILES string of the molecule is C[C@@H](O[Si](C)(C)C(C)(C)C)c1nc2cnc3c(ccn3S(=O)(=O)c3ccccc3)c2n1[C@@H]1CC[C@H](C=O)C1. The second-order valence-corrected chi connectivity index (χ2v) is 18.5. The van der Waals surface area contributed by atoms with Crippen LogP contribution in [-0.4, -0.2) is 41.5 Å². The van der Waals surface area contributed by atoms with Crippen molar-refractivity contribution in [1.29, 1.82) is 0 Å². The molecule has 0 N–H and O–H groups in total. The number of nitrogens with zero attached hydrogens (tertiary/aromatic N) is 4. The van der Waals surface area contributed by atoms with Crippen molar-refractivity contribution in [3.63, 3.8) is 0 Å². The number of aromatic nitrogens is 4. The topological polar surface area (TPSA) is 96.1 Å². The Hall–Kier alpha value is -2.82. The first-order valence-corrected chi connectivity index (χ1v) is 17.5. The molecule has 3 atom stereocenters. The minimum atomic E-state index is -3.83. The molecule has 1 aliphatic carbocycles. The second-order valence-electron chi connectivity index (χ2n) is 11.9. The molecule has 5 rings (SSSR count). The zero-order valence-electron chi connectivity index (χ0n) is 22.9. The number of hydrogen-bond donors (Lipinski definition) is 0. The summed E-state index contributed by atoms with van der Waals surface area (Å²) in [4.78, 5) is 21.4. The summed E-state index contributed by atoms with van der Waals surface area (Å²) < 4.78 is 37.2. The van der Waals surface area contributed by atoms with E-state index in [0.717, 1.165) is 42.3 Å². The van der Waals surface area contributed by atoms with Crippen LogP contribution in [0.5, 0.6) is 0 Å². The standard InChI is InChI=1S/C28H36N4O4SSi/c1-19(36-38(5,6)28(2,3)4)26-30-24-17-29-27-23(25(24)32(26)21-13-12-20(16-21)18-33)14-15-31(27)37(34,35)22-10-8-7-9-11-22/h7-11,14-15,17-21H,12-13,16H2,1-6H3/t19-,20+,21-/m1/s1. The fourth-order valence-corrected chi connectivity index (χ4v) is 7.91. The van der Waals surface area contributed by atoms with E-state index in [2.05, 4.69) is 43.4 Å². The molecule has 8 nitrogen and oxygen atoms in total. The molecule has 3 aromatic heterocycles. The monoisotopic (exact) mass is 552 g/mol. The minimum absolute atomic E-state index is 0.00213. The maximum atomic E-state index is 13.5. The number of benzene rings is 1. The van der Waals surface area contributed by atoms with Crippen LogP contribution in [-0.2, 0) is 19.2 Å². The molecule has 0 spiro atoms. The fourth-order valence-electron chi connectivity index (χ4n) is 5.24.